The molecule has 1 radical (unpaired) electrons. The standard InChI is InChI=1S/C4H9Br2Si/c1-4(2,3)7(5)6/h1-3H3. The Morgan fingerprint density at radius 2 is 1.29 bits per heavy atom. The Bertz CT molecular complexity index is 55.2. The van der Waals surface area contributed by atoms with Crippen LogP contribution >= 0.6 is 30.6 Å². The predicted octanol–water partition coefficient (Wildman–Crippen LogP) is 3.06. The smallest absolute Gasteiger partial charge is 0.112 e. The van der Waals surface area contributed by atoms with Gasteiger partial charge in [0.1, 0.15) is 0 Å². The second-order valence-corrected chi connectivity index (χ2v) is 12.5. The SMILES string of the molecule is CC(C)(C)[Si](Br)Br. The lowest BCUT2D eigenvalue weighted by atomic mass is 10.3. The van der Waals surface area contributed by atoms with Gasteiger partial charge in [-0.05, 0) is 5.04 Å². The van der Waals surface area contributed by atoms with Crippen LogP contribution in [-0.4, -0.2) is 6.04 Å². The van der Waals surface area contributed by atoms with Gasteiger partial charge in [0.05, 0.1) is 0 Å². The fourth-order valence-corrected chi connectivity index (χ4v) is 0. The van der Waals surface area contributed by atoms with Crippen molar-refractivity contribution in [2.45, 2.75) is 25.8 Å². The number of hydrogen-bond donors (Lipinski definition) is 0. The van der Waals surface area contributed by atoms with Crippen molar-refractivity contribution in [3.05, 3.63) is 0 Å². The summed E-state index contributed by atoms with van der Waals surface area (Å²) in [7, 11) is 0. The van der Waals surface area contributed by atoms with Crippen LogP contribution in [0.15, 0.2) is 0 Å². The van der Waals surface area contributed by atoms with Crippen molar-refractivity contribution in [3.8, 4) is 0 Å². The van der Waals surface area contributed by atoms with E-state index in [1.54, 1.807) is 0 Å². The third-order valence-electron chi connectivity index (χ3n) is 0.567. The molecule has 0 heterocycles. The van der Waals surface area contributed by atoms with Crippen LogP contribution in [-0.2, 0) is 0 Å². The molecule has 0 saturated carbocycles. The van der Waals surface area contributed by atoms with Gasteiger partial charge in [0.25, 0.3) is 0 Å². The fraction of sp³-hybridized carbons (Fsp3) is 1.00. The minimum atomic E-state index is -0.425. The van der Waals surface area contributed by atoms with Crippen molar-refractivity contribution in [2.24, 2.45) is 0 Å². The highest BCUT2D eigenvalue weighted by atomic mass is 79.9. The van der Waals surface area contributed by atoms with E-state index in [0.717, 1.165) is 0 Å². The molecule has 0 fully saturated rings. The highest BCUT2D eigenvalue weighted by Crippen LogP contribution is 2.33. The molecular formula is C4H9Br2Si. The molecule has 0 aliphatic rings. The first kappa shape index (κ1) is 8.18. The lowest BCUT2D eigenvalue weighted by Gasteiger charge is -2.16. The Labute approximate surface area is 62.4 Å². The van der Waals surface area contributed by atoms with Gasteiger partial charge in [-0.3, -0.25) is 0 Å². The van der Waals surface area contributed by atoms with Crippen molar-refractivity contribution >= 4 is 36.6 Å². The zero-order chi connectivity index (χ0) is 6.08. The van der Waals surface area contributed by atoms with Crippen molar-refractivity contribution in [3.63, 3.8) is 0 Å². The predicted molar refractivity (Wildman–Crippen MR) is 43.3 cm³/mol. The average molecular weight is 245 g/mol. The van der Waals surface area contributed by atoms with Crippen molar-refractivity contribution in [1.29, 1.82) is 0 Å². The maximum Gasteiger partial charge on any atom is 0.221 e. The van der Waals surface area contributed by atoms with Crippen LogP contribution in [0.4, 0.5) is 0 Å². The molecule has 43 valence electrons. The van der Waals surface area contributed by atoms with E-state index in [1.165, 1.54) is 0 Å². The molecule has 0 aromatic carbocycles. The maximum atomic E-state index is 3.51. The molecular weight excluding hydrogens is 236 g/mol. The van der Waals surface area contributed by atoms with E-state index in [4.69, 9.17) is 0 Å². The number of halogens is 2. The van der Waals surface area contributed by atoms with Gasteiger partial charge in [-0.2, -0.15) is 0 Å². The lowest BCUT2D eigenvalue weighted by Crippen LogP contribution is -2.09. The van der Waals surface area contributed by atoms with Crippen molar-refractivity contribution < 1.29 is 0 Å². The molecule has 0 aromatic heterocycles. The Morgan fingerprint density at radius 3 is 1.29 bits per heavy atom. The van der Waals surface area contributed by atoms with Crippen LogP contribution in [0.3, 0.4) is 0 Å². The van der Waals surface area contributed by atoms with Crippen molar-refractivity contribution in [2.75, 3.05) is 0 Å². The van der Waals surface area contributed by atoms with Crippen molar-refractivity contribution in [1.82, 2.24) is 0 Å². The largest absolute Gasteiger partial charge is 0.221 e. The van der Waals surface area contributed by atoms with E-state index in [0.29, 0.717) is 5.04 Å². The summed E-state index contributed by atoms with van der Waals surface area (Å²) in [5.41, 5.74) is 0. The lowest BCUT2D eigenvalue weighted by molar-refractivity contribution is 0.762. The summed E-state index contributed by atoms with van der Waals surface area (Å²) in [6.45, 7) is 6.64. The average Bonchev–Trinajstić information content (AvgIpc) is 1.31. The summed E-state index contributed by atoms with van der Waals surface area (Å²) in [4.78, 5) is 0. The summed E-state index contributed by atoms with van der Waals surface area (Å²) < 4.78 is 0. The molecule has 0 amide bonds. The zero-order valence-corrected chi connectivity index (χ0v) is 8.93. The van der Waals surface area contributed by atoms with Crippen LogP contribution in [0.5, 0.6) is 0 Å². The minimum Gasteiger partial charge on any atom is -0.112 e. The first-order chi connectivity index (χ1) is 2.94. The zero-order valence-electron chi connectivity index (χ0n) is 4.76. The van der Waals surface area contributed by atoms with Gasteiger partial charge in [0.2, 0.25) is 6.04 Å². The molecule has 0 unspecified atom stereocenters. The van der Waals surface area contributed by atoms with Gasteiger partial charge >= 0.3 is 0 Å². The third-order valence-corrected chi connectivity index (χ3v) is 8.84. The molecule has 0 saturated heterocycles. The molecule has 7 heavy (non-hydrogen) atoms. The quantitative estimate of drug-likeness (QED) is 0.454. The Hall–Kier alpha value is 1.18. The van der Waals surface area contributed by atoms with Crippen LogP contribution < -0.4 is 0 Å². The van der Waals surface area contributed by atoms with E-state index in [1.807, 2.05) is 0 Å². The molecule has 0 N–H and O–H groups in total. The van der Waals surface area contributed by atoms with E-state index in [-0.39, 0.29) is 0 Å². The number of rotatable bonds is 0. The van der Waals surface area contributed by atoms with Gasteiger partial charge < -0.3 is 0 Å². The summed E-state index contributed by atoms with van der Waals surface area (Å²) in [6.07, 6.45) is 0. The molecule has 3 heteroatoms. The van der Waals surface area contributed by atoms with Gasteiger partial charge in [0.15, 0.2) is 0 Å². The molecule has 0 aliphatic heterocycles. The normalized spacial score (nSPS) is 12.9. The molecule has 0 aromatic rings. The second-order valence-electron chi connectivity index (χ2n) is 2.51. The summed E-state index contributed by atoms with van der Waals surface area (Å²) >= 11 is 7.03. The molecule has 0 spiro atoms. The van der Waals surface area contributed by atoms with Gasteiger partial charge in [-0.1, -0.05) is 20.8 Å². The first-order valence-corrected chi connectivity index (χ1v) is 8.14. The third kappa shape index (κ3) is 3.73. The van der Waals surface area contributed by atoms with E-state index < -0.39 is 6.04 Å². The minimum absolute atomic E-state index is 0.425. The summed E-state index contributed by atoms with van der Waals surface area (Å²) in [6, 6.07) is -0.425. The van der Waals surface area contributed by atoms with Crippen LogP contribution in [0.2, 0.25) is 5.04 Å². The van der Waals surface area contributed by atoms with E-state index in [2.05, 4.69) is 51.4 Å². The Morgan fingerprint density at radius 1 is 1.14 bits per heavy atom. The fourth-order valence-electron chi connectivity index (χ4n) is 0. The van der Waals surface area contributed by atoms with E-state index >= 15 is 0 Å². The Balaban J connectivity index is 3.54. The molecule has 0 bridgehead atoms. The molecule has 0 aliphatic carbocycles. The monoisotopic (exact) mass is 243 g/mol. The second kappa shape index (κ2) is 2.64. The maximum absolute atomic E-state index is 3.51. The van der Waals surface area contributed by atoms with Crippen LogP contribution in [0.25, 0.3) is 0 Å². The molecule has 0 rings (SSSR count). The van der Waals surface area contributed by atoms with Gasteiger partial charge in [-0.15, -0.1) is 30.6 Å². The summed E-state index contributed by atoms with van der Waals surface area (Å²) in [5, 5.41) is 0.435. The molecule has 0 nitrogen and oxygen atoms in total. The highest BCUT2D eigenvalue weighted by molar-refractivity contribution is 9.49. The Kier molecular flexibility index (Phi) is 3.09. The van der Waals surface area contributed by atoms with E-state index in [9.17, 15) is 0 Å². The van der Waals surface area contributed by atoms with Crippen LogP contribution in [0, 0.1) is 0 Å². The van der Waals surface area contributed by atoms with Gasteiger partial charge in [-0.25, -0.2) is 0 Å². The molecule has 0 atom stereocenters. The first-order valence-electron chi connectivity index (χ1n) is 2.13. The topological polar surface area (TPSA) is 0 Å². The van der Waals surface area contributed by atoms with Crippen LogP contribution in [0.1, 0.15) is 20.8 Å². The summed E-state index contributed by atoms with van der Waals surface area (Å²) in [5.74, 6) is 0. The highest BCUT2D eigenvalue weighted by Gasteiger charge is 2.20. The van der Waals surface area contributed by atoms with Gasteiger partial charge in [0, 0.05) is 0 Å². The number of hydrogen-bond acceptors (Lipinski definition) is 0.